The van der Waals surface area contributed by atoms with Gasteiger partial charge in [-0.25, -0.2) is 4.98 Å². The second-order valence-corrected chi connectivity index (χ2v) is 6.32. The summed E-state index contributed by atoms with van der Waals surface area (Å²) in [5.41, 5.74) is 1.78. The van der Waals surface area contributed by atoms with Crippen LogP contribution in [0.15, 0.2) is 57.7 Å². The van der Waals surface area contributed by atoms with Crippen molar-refractivity contribution in [1.29, 1.82) is 0 Å². The first-order valence-corrected chi connectivity index (χ1v) is 8.60. The van der Waals surface area contributed by atoms with Crippen LogP contribution in [-0.4, -0.2) is 25.1 Å². The smallest absolute Gasteiger partial charge is 0.274 e. The fourth-order valence-corrected chi connectivity index (χ4v) is 2.93. The fraction of sp³-hybridized carbons (Fsp3) is 0.158. The van der Waals surface area contributed by atoms with Gasteiger partial charge in [0, 0.05) is 22.1 Å². The number of benzene rings is 2. The number of ether oxygens (including phenoxy) is 2. The Labute approximate surface area is 159 Å². The molecule has 0 saturated carbocycles. The van der Waals surface area contributed by atoms with Gasteiger partial charge in [-0.2, -0.15) is 0 Å². The van der Waals surface area contributed by atoms with Gasteiger partial charge in [0.25, 0.3) is 5.91 Å². The minimum atomic E-state index is -0.335. The van der Waals surface area contributed by atoms with E-state index in [4.69, 9.17) is 13.9 Å². The summed E-state index contributed by atoms with van der Waals surface area (Å²) in [5.74, 6) is 1.42. The van der Waals surface area contributed by atoms with E-state index in [0.29, 0.717) is 29.4 Å². The lowest BCUT2D eigenvalue weighted by atomic mass is 10.1. The molecule has 0 unspecified atom stereocenters. The highest BCUT2D eigenvalue weighted by molar-refractivity contribution is 9.10. The van der Waals surface area contributed by atoms with Crippen LogP contribution in [0.2, 0.25) is 0 Å². The largest absolute Gasteiger partial charge is 0.497 e. The predicted molar refractivity (Wildman–Crippen MR) is 100 cm³/mol. The predicted octanol–water partition coefficient (Wildman–Crippen LogP) is 4.05. The third kappa shape index (κ3) is 3.88. The molecule has 2 aromatic carbocycles. The minimum absolute atomic E-state index is 0.215. The fourth-order valence-electron chi connectivity index (χ4n) is 2.52. The lowest BCUT2D eigenvalue weighted by Crippen LogP contribution is -2.24. The average molecular weight is 417 g/mol. The Balaban J connectivity index is 1.80. The average Bonchev–Trinajstić information content (AvgIpc) is 3.16. The molecule has 0 radical (unpaired) electrons. The molecular weight excluding hydrogens is 400 g/mol. The summed E-state index contributed by atoms with van der Waals surface area (Å²) in [4.78, 5) is 16.7. The van der Waals surface area contributed by atoms with Gasteiger partial charge in [-0.15, -0.1) is 0 Å². The highest BCUT2D eigenvalue weighted by Crippen LogP contribution is 2.27. The molecule has 1 N–H and O–H groups in total. The number of nitrogens with zero attached hydrogens (tertiary/aromatic N) is 1. The number of amides is 1. The van der Waals surface area contributed by atoms with E-state index in [1.807, 2.05) is 36.4 Å². The molecule has 0 fully saturated rings. The standard InChI is InChI=1S/C19H17BrN2O4/c1-24-15-5-3-4-12(9-15)18-17(22-11-26-18)19(23)21-10-13-8-14(20)6-7-16(13)25-2/h3-9,11H,10H2,1-2H3,(H,21,23). The number of aromatic nitrogens is 1. The SMILES string of the molecule is COc1cccc(-c2ocnc2C(=O)NCc2cc(Br)ccc2OC)c1. The molecule has 6 nitrogen and oxygen atoms in total. The monoisotopic (exact) mass is 416 g/mol. The maximum atomic E-state index is 12.6. The second-order valence-electron chi connectivity index (χ2n) is 5.40. The highest BCUT2D eigenvalue weighted by atomic mass is 79.9. The zero-order chi connectivity index (χ0) is 18.5. The first kappa shape index (κ1) is 18.0. The molecule has 1 heterocycles. The van der Waals surface area contributed by atoms with Gasteiger partial charge < -0.3 is 19.2 Å². The molecule has 1 aromatic heterocycles. The number of halogens is 1. The van der Waals surface area contributed by atoms with Crippen molar-refractivity contribution >= 4 is 21.8 Å². The van der Waals surface area contributed by atoms with Crippen LogP contribution in [0, 0.1) is 0 Å². The molecule has 0 aliphatic rings. The Kier molecular flexibility index (Phi) is 5.58. The first-order valence-electron chi connectivity index (χ1n) is 7.81. The molecule has 0 atom stereocenters. The number of rotatable bonds is 6. The normalized spacial score (nSPS) is 10.4. The van der Waals surface area contributed by atoms with Gasteiger partial charge >= 0.3 is 0 Å². The Morgan fingerprint density at radius 1 is 1.19 bits per heavy atom. The first-order chi connectivity index (χ1) is 12.6. The number of nitrogens with one attached hydrogen (secondary N) is 1. The lowest BCUT2D eigenvalue weighted by Gasteiger charge is -2.10. The van der Waals surface area contributed by atoms with Gasteiger partial charge in [-0.1, -0.05) is 28.1 Å². The molecule has 3 rings (SSSR count). The van der Waals surface area contributed by atoms with Gasteiger partial charge in [0.05, 0.1) is 14.2 Å². The van der Waals surface area contributed by atoms with Crippen molar-refractivity contribution in [3.05, 3.63) is 64.6 Å². The molecule has 134 valence electrons. The summed E-state index contributed by atoms with van der Waals surface area (Å²) >= 11 is 3.42. The van der Waals surface area contributed by atoms with Crippen molar-refractivity contribution in [2.45, 2.75) is 6.54 Å². The van der Waals surface area contributed by atoms with E-state index in [-0.39, 0.29) is 11.6 Å². The topological polar surface area (TPSA) is 73.6 Å². The third-order valence-corrected chi connectivity index (χ3v) is 4.29. The van der Waals surface area contributed by atoms with Crippen LogP contribution in [0.5, 0.6) is 11.5 Å². The van der Waals surface area contributed by atoms with E-state index < -0.39 is 0 Å². The summed E-state index contributed by atoms with van der Waals surface area (Å²) in [6, 6.07) is 12.9. The maximum absolute atomic E-state index is 12.6. The van der Waals surface area contributed by atoms with Crippen LogP contribution in [0.25, 0.3) is 11.3 Å². The summed E-state index contributed by atoms with van der Waals surface area (Å²) in [7, 11) is 3.17. The Bertz CT molecular complexity index is 923. The van der Waals surface area contributed by atoms with Gasteiger partial charge in [0.1, 0.15) is 11.5 Å². The number of carbonyl (C=O) groups excluding carboxylic acids is 1. The number of methoxy groups -OCH3 is 2. The number of hydrogen-bond donors (Lipinski definition) is 1. The summed E-state index contributed by atoms with van der Waals surface area (Å²) < 4.78 is 16.9. The molecule has 0 aliphatic carbocycles. The van der Waals surface area contributed by atoms with Crippen molar-refractivity contribution in [1.82, 2.24) is 10.3 Å². The molecule has 7 heteroatoms. The van der Waals surface area contributed by atoms with Crippen molar-refractivity contribution in [3.63, 3.8) is 0 Å². The highest BCUT2D eigenvalue weighted by Gasteiger charge is 2.19. The zero-order valence-electron chi connectivity index (χ0n) is 14.3. The minimum Gasteiger partial charge on any atom is -0.497 e. The van der Waals surface area contributed by atoms with Crippen LogP contribution < -0.4 is 14.8 Å². The van der Waals surface area contributed by atoms with Crippen LogP contribution in [-0.2, 0) is 6.54 Å². The number of oxazole rings is 1. The lowest BCUT2D eigenvalue weighted by molar-refractivity contribution is 0.0946. The van der Waals surface area contributed by atoms with E-state index in [1.165, 1.54) is 6.39 Å². The second kappa shape index (κ2) is 8.05. The summed E-state index contributed by atoms with van der Waals surface area (Å²) in [6.45, 7) is 0.297. The van der Waals surface area contributed by atoms with Crippen LogP contribution >= 0.6 is 15.9 Å². The molecule has 26 heavy (non-hydrogen) atoms. The van der Waals surface area contributed by atoms with Crippen molar-refractivity contribution in [2.24, 2.45) is 0 Å². The van der Waals surface area contributed by atoms with Crippen molar-refractivity contribution in [3.8, 4) is 22.8 Å². The van der Waals surface area contributed by atoms with Gasteiger partial charge in [0.2, 0.25) is 0 Å². The quantitative estimate of drug-likeness (QED) is 0.655. The molecule has 0 spiro atoms. The van der Waals surface area contributed by atoms with E-state index in [2.05, 4.69) is 26.2 Å². The van der Waals surface area contributed by atoms with Crippen LogP contribution in [0.3, 0.4) is 0 Å². The number of carbonyl (C=O) groups is 1. The molecule has 0 bridgehead atoms. The van der Waals surface area contributed by atoms with E-state index in [1.54, 1.807) is 20.3 Å². The van der Waals surface area contributed by atoms with Crippen molar-refractivity contribution in [2.75, 3.05) is 14.2 Å². The van der Waals surface area contributed by atoms with E-state index in [0.717, 1.165) is 10.0 Å². The Morgan fingerprint density at radius 3 is 2.81 bits per heavy atom. The maximum Gasteiger partial charge on any atom is 0.274 e. The van der Waals surface area contributed by atoms with E-state index >= 15 is 0 Å². The van der Waals surface area contributed by atoms with Gasteiger partial charge in [-0.3, -0.25) is 4.79 Å². The Morgan fingerprint density at radius 2 is 2.04 bits per heavy atom. The van der Waals surface area contributed by atoms with Gasteiger partial charge in [-0.05, 0) is 30.3 Å². The molecule has 0 saturated heterocycles. The van der Waals surface area contributed by atoms with Crippen LogP contribution in [0.1, 0.15) is 16.1 Å². The summed E-state index contributed by atoms with van der Waals surface area (Å²) in [5, 5.41) is 2.85. The molecule has 0 aliphatic heterocycles. The molecular formula is C19H17BrN2O4. The third-order valence-electron chi connectivity index (χ3n) is 3.80. The van der Waals surface area contributed by atoms with E-state index in [9.17, 15) is 4.79 Å². The zero-order valence-corrected chi connectivity index (χ0v) is 15.9. The Hall–Kier alpha value is -2.80. The van der Waals surface area contributed by atoms with Crippen molar-refractivity contribution < 1.29 is 18.7 Å². The summed E-state index contributed by atoms with van der Waals surface area (Å²) in [6.07, 6.45) is 1.25. The molecule has 3 aromatic rings. The number of hydrogen-bond acceptors (Lipinski definition) is 5. The van der Waals surface area contributed by atoms with Gasteiger partial charge in [0.15, 0.2) is 17.8 Å². The molecule has 1 amide bonds. The van der Waals surface area contributed by atoms with Crippen LogP contribution in [0.4, 0.5) is 0 Å².